The fraction of sp³-hybridized carbons (Fsp3) is 0.600. The van der Waals surface area contributed by atoms with Gasteiger partial charge in [0, 0.05) is 27.3 Å². The van der Waals surface area contributed by atoms with Crippen molar-refractivity contribution in [1.82, 2.24) is 5.32 Å². The van der Waals surface area contributed by atoms with Gasteiger partial charge >= 0.3 is 0 Å². The Balaban J connectivity index is 2.26. The van der Waals surface area contributed by atoms with Gasteiger partial charge in [-0.25, -0.2) is 0 Å². The van der Waals surface area contributed by atoms with E-state index >= 15 is 0 Å². The molecule has 0 heterocycles. The van der Waals surface area contributed by atoms with Crippen LogP contribution in [0.25, 0.3) is 0 Å². The molecule has 2 N–H and O–H groups in total. The lowest BCUT2D eigenvalue weighted by Gasteiger charge is -2.18. The van der Waals surface area contributed by atoms with E-state index < -0.39 is 6.10 Å². The predicted octanol–water partition coefficient (Wildman–Crippen LogP) is 0.686. The second kappa shape index (κ2) is 10.4. The Morgan fingerprint density at radius 2 is 1.76 bits per heavy atom. The Kier molecular flexibility index (Phi) is 8.77. The van der Waals surface area contributed by atoms with Crippen molar-refractivity contribution in [3.63, 3.8) is 0 Å². The summed E-state index contributed by atoms with van der Waals surface area (Å²) in [7, 11) is 4.84. The van der Waals surface area contributed by atoms with Crippen LogP contribution in [0.2, 0.25) is 0 Å². The van der Waals surface area contributed by atoms with Gasteiger partial charge in [0.05, 0.1) is 19.8 Å². The molecule has 6 heteroatoms. The van der Waals surface area contributed by atoms with Crippen LogP contribution in [0.1, 0.15) is 0 Å². The maximum absolute atomic E-state index is 9.89. The lowest BCUT2D eigenvalue weighted by Crippen LogP contribution is -2.38. The molecule has 0 aliphatic heterocycles. The highest BCUT2D eigenvalue weighted by Crippen LogP contribution is 2.25. The molecule has 0 aliphatic rings. The summed E-state index contributed by atoms with van der Waals surface area (Å²) in [5.74, 6) is 1.27. The van der Waals surface area contributed by atoms with Gasteiger partial charge in [-0.15, -0.1) is 0 Å². The van der Waals surface area contributed by atoms with E-state index in [0.717, 1.165) is 0 Å². The van der Waals surface area contributed by atoms with E-state index in [9.17, 15) is 5.11 Å². The van der Waals surface area contributed by atoms with Crippen LogP contribution in [0, 0.1) is 0 Å². The second-order valence-electron chi connectivity index (χ2n) is 4.59. The third-order valence-corrected chi connectivity index (χ3v) is 2.94. The first-order valence-electron chi connectivity index (χ1n) is 6.87. The molecule has 120 valence electrons. The fourth-order valence-electron chi connectivity index (χ4n) is 1.79. The molecule has 1 rings (SSSR count). The second-order valence-corrected chi connectivity index (χ2v) is 4.59. The summed E-state index contributed by atoms with van der Waals surface area (Å²) in [4.78, 5) is 0. The lowest BCUT2D eigenvalue weighted by atomic mass is 10.3. The molecule has 0 amide bonds. The van der Waals surface area contributed by atoms with Gasteiger partial charge in [0.2, 0.25) is 0 Å². The highest BCUT2D eigenvalue weighted by molar-refractivity contribution is 5.39. The maximum Gasteiger partial charge on any atom is 0.161 e. The molecule has 0 radical (unpaired) electrons. The van der Waals surface area contributed by atoms with Crippen LogP contribution in [0.15, 0.2) is 24.3 Å². The van der Waals surface area contributed by atoms with Crippen LogP contribution >= 0.6 is 0 Å². The zero-order valence-electron chi connectivity index (χ0n) is 12.9. The summed E-state index contributed by atoms with van der Waals surface area (Å²) in [6.45, 7) is 1.72. The highest BCUT2D eigenvalue weighted by Gasteiger charge is 2.10. The summed E-state index contributed by atoms with van der Waals surface area (Å²) < 4.78 is 21.0. The van der Waals surface area contributed by atoms with Gasteiger partial charge in [-0.1, -0.05) is 12.1 Å². The normalized spacial score (nSPS) is 13.7. The molecular weight excluding hydrogens is 274 g/mol. The Labute approximate surface area is 126 Å². The van der Waals surface area contributed by atoms with Crippen molar-refractivity contribution >= 4 is 0 Å². The molecule has 0 fully saturated rings. The largest absolute Gasteiger partial charge is 0.493 e. The number of aliphatic hydroxyl groups excluding tert-OH is 1. The molecule has 0 spiro atoms. The van der Waals surface area contributed by atoms with Crippen molar-refractivity contribution in [3.8, 4) is 11.5 Å². The molecule has 1 aromatic carbocycles. The molecule has 2 unspecified atom stereocenters. The molecule has 21 heavy (non-hydrogen) atoms. The highest BCUT2D eigenvalue weighted by atomic mass is 16.5. The standard InChI is InChI=1S/C15H25NO5/c1-18-11-13(19-2)9-16-8-12(17)10-21-15-7-5-4-6-14(15)20-3/h4-7,12-13,16-17H,8-11H2,1-3H3. The van der Waals surface area contributed by atoms with Gasteiger partial charge in [-0.3, -0.25) is 0 Å². The molecule has 0 aromatic heterocycles. The summed E-state index contributed by atoms with van der Waals surface area (Å²) in [5, 5.41) is 13.0. The molecule has 2 atom stereocenters. The van der Waals surface area contributed by atoms with Gasteiger partial charge in [0.1, 0.15) is 12.7 Å². The number of hydrogen-bond donors (Lipinski definition) is 2. The third-order valence-electron chi connectivity index (χ3n) is 2.94. The van der Waals surface area contributed by atoms with E-state index in [4.69, 9.17) is 18.9 Å². The van der Waals surface area contributed by atoms with Crippen molar-refractivity contribution in [1.29, 1.82) is 0 Å². The zero-order valence-corrected chi connectivity index (χ0v) is 12.9. The quantitative estimate of drug-likeness (QED) is 0.626. The number of rotatable bonds is 11. The number of nitrogens with one attached hydrogen (secondary N) is 1. The summed E-state index contributed by atoms with van der Waals surface area (Å²) in [6.07, 6.45) is -0.646. The van der Waals surface area contributed by atoms with Gasteiger partial charge in [0.25, 0.3) is 0 Å². The van der Waals surface area contributed by atoms with Crippen LogP contribution in [0.5, 0.6) is 11.5 Å². The monoisotopic (exact) mass is 299 g/mol. The van der Waals surface area contributed by atoms with E-state index in [1.165, 1.54) is 0 Å². The lowest BCUT2D eigenvalue weighted by molar-refractivity contribution is 0.0256. The number of methoxy groups -OCH3 is 3. The van der Waals surface area contributed by atoms with Crippen LogP contribution in [-0.2, 0) is 9.47 Å². The van der Waals surface area contributed by atoms with E-state index in [1.807, 2.05) is 18.2 Å². The van der Waals surface area contributed by atoms with Crippen molar-refractivity contribution in [2.75, 3.05) is 47.6 Å². The van der Waals surface area contributed by atoms with Gasteiger partial charge in [0.15, 0.2) is 11.5 Å². The Morgan fingerprint density at radius 1 is 1.05 bits per heavy atom. The Bertz CT molecular complexity index is 388. The third kappa shape index (κ3) is 6.77. The van der Waals surface area contributed by atoms with E-state index in [-0.39, 0.29) is 12.7 Å². The minimum absolute atomic E-state index is 0.0302. The SMILES string of the molecule is COCC(CNCC(O)COc1ccccc1OC)OC. The van der Waals surface area contributed by atoms with Crippen LogP contribution in [0.3, 0.4) is 0 Å². The van der Waals surface area contributed by atoms with E-state index in [0.29, 0.717) is 31.2 Å². The topological polar surface area (TPSA) is 69.2 Å². The zero-order chi connectivity index (χ0) is 15.5. The number of ether oxygens (including phenoxy) is 4. The molecule has 6 nitrogen and oxygen atoms in total. The number of aliphatic hydroxyl groups is 1. The summed E-state index contributed by atoms with van der Waals surface area (Å²) in [5.41, 5.74) is 0. The Morgan fingerprint density at radius 3 is 2.38 bits per heavy atom. The first kappa shape index (κ1) is 17.7. The van der Waals surface area contributed by atoms with E-state index in [2.05, 4.69) is 5.32 Å². The number of para-hydroxylation sites is 2. The van der Waals surface area contributed by atoms with Crippen molar-refractivity contribution < 1.29 is 24.1 Å². The van der Waals surface area contributed by atoms with Crippen LogP contribution < -0.4 is 14.8 Å². The molecule has 0 saturated heterocycles. The van der Waals surface area contributed by atoms with E-state index in [1.54, 1.807) is 27.4 Å². The van der Waals surface area contributed by atoms with Gasteiger partial charge in [-0.2, -0.15) is 0 Å². The minimum atomic E-state index is -0.616. The summed E-state index contributed by atoms with van der Waals surface area (Å²) >= 11 is 0. The summed E-state index contributed by atoms with van der Waals surface area (Å²) in [6, 6.07) is 7.34. The van der Waals surface area contributed by atoms with Crippen LogP contribution in [-0.4, -0.2) is 64.9 Å². The Hall–Kier alpha value is -1.34. The first-order chi connectivity index (χ1) is 10.2. The molecule has 0 aliphatic carbocycles. The average molecular weight is 299 g/mol. The van der Waals surface area contributed by atoms with Gasteiger partial charge < -0.3 is 29.4 Å². The number of benzene rings is 1. The van der Waals surface area contributed by atoms with Crippen molar-refractivity contribution in [3.05, 3.63) is 24.3 Å². The van der Waals surface area contributed by atoms with Gasteiger partial charge in [-0.05, 0) is 12.1 Å². The molecular formula is C15H25NO5. The predicted molar refractivity (Wildman–Crippen MR) is 80.0 cm³/mol. The van der Waals surface area contributed by atoms with Crippen molar-refractivity contribution in [2.45, 2.75) is 12.2 Å². The number of hydrogen-bond acceptors (Lipinski definition) is 6. The minimum Gasteiger partial charge on any atom is -0.493 e. The van der Waals surface area contributed by atoms with Crippen LogP contribution in [0.4, 0.5) is 0 Å². The molecule has 1 aromatic rings. The average Bonchev–Trinajstić information content (AvgIpc) is 2.52. The fourth-order valence-corrected chi connectivity index (χ4v) is 1.79. The molecule has 0 saturated carbocycles. The maximum atomic E-state index is 9.89. The van der Waals surface area contributed by atoms with Crippen molar-refractivity contribution in [2.24, 2.45) is 0 Å². The first-order valence-corrected chi connectivity index (χ1v) is 6.87. The molecule has 0 bridgehead atoms. The smallest absolute Gasteiger partial charge is 0.161 e.